The van der Waals surface area contributed by atoms with Crippen LogP contribution in [0.5, 0.6) is 0 Å². The van der Waals surface area contributed by atoms with E-state index in [2.05, 4.69) is 36.5 Å². The van der Waals surface area contributed by atoms with Crippen molar-refractivity contribution in [1.82, 2.24) is 5.32 Å². The fourth-order valence-electron chi connectivity index (χ4n) is 1.70. The van der Waals surface area contributed by atoms with Crippen LogP contribution in [-0.4, -0.2) is 13.3 Å². The Morgan fingerprint density at radius 2 is 2.08 bits per heavy atom. The Hall–Kier alpha value is -0.860. The topological polar surface area (TPSA) is 21.3 Å². The normalized spacial score (nSPS) is 28.7. The molecule has 2 rings (SSSR count). The van der Waals surface area contributed by atoms with Crippen LogP contribution in [0.3, 0.4) is 0 Å². The summed E-state index contributed by atoms with van der Waals surface area (Å²) in [6.07, 6.45) is 1.04. The summed E-state index contributed by atoms with van der Waals surface area (Å²) in [7, 11) is 0. The molecule has 1 aliphatic rings. The van der Waals surface area contributed by atoms with Crippen molar-refractivity contribution < 1.29 is 4.74 Å². The van der Waals surface area contributed by atoms with Gasteiger partial charge in [0.25, 0.3) is 0 Å². The van der Waals surface area contributed by atoms with Crippen LogP contribution in [0.4, 0.5) is 0 Å². The molecular formula is C11H15NO. The van der Waals surface area contributed by atoms with Crippen molar-refractivity contribution in [2.24, 2.45) is 0 Å². The molecule has 13 heavy (non-hydrogen) atoms. The van der Waals surface area contributed by atoms with Gasteiger partial charge in [-0.15, -0.1) is 0 Å². The molecule has 2 nitrogen and oxygen atoms in total. The molecule has 0 aromatic heterocycles. The van der Waals surface area contributed by atoms with E-state index in [0.29, 0.717) is 6.73 Å². The molecule has 1 aromatic carbocycles. The lowest BCUT2D eigenvalue weighted by molar-refractivity contribution is -0.0763. The summed E-state index contributed by atoms with van der Waals surface area (Å²) in [6, 6.07) is 10.4. The van der Waals surface area contributed by atoms with Crippen LogP contribution in [0.1, 0.15) is 18.9 Å². The molecule has 0 radical (unpaired) electrons. The minimum Gasteiger partial charge on any atom is -0.355 e. The van der Waals surface area contributed by atoms with Gasteiger partial charge in [0.1, 0.15) is 0 Å². The summed E-state index contributed by atoms with van der Waals surface area (Å²) in [5, 5.41) is 3.19. The number of hydrogen-bond acceptors (Lipinski definition) is 2. The SMILES string of the molecule is CC1(c2ccccc2)CCNCO1. The first-order chi connectivity index (χ1) is 6.31. The average Bonchev–Trinajstić information content (AvgIpc) is 2.20. The Morgan fingerprint density at radius 3 is 2.69 bits per heavy atom. The largest absolute Gasteiger partial charge is 0.355 e. The van der Waals surface area contributed by atoms with E-state index >= 15 is 0 Å². The minimum absolute atomic E-state index is 0.0908. The van der Waals surface area contributed by atoms with E-state index in [4.69, 9.17) is 4.74 Å². The molecule has 1 aromatic rings. The summed E-state index contributed by atoms with van der Waals surface area (Å²) in [6.45, 7) is 3.85. The summed E-state index contributed by atoms with van der Waals surface area (Å²) >= 11 is 0. The maximum atomic E-state index is 5.74. The van der Waals surface area contributed by atoms with Gasteiger partial charge in [0.05, 0.1) is 12.3 Å². The van der Waals surface area contributed by atoms with E-state index in [1.165, 1.54) is 5.56 Å². The van der Waals surface area contributed by atoms with E-state index in [1.807, 2.05) is 6.07 Å². The summed E-state index contributed by atoms with van der Waals surface area (Å²) in [4.78, 5) is 0. The molecule has 0 saturated carbocycles. The van der Waals surface area contributed by atoms with Crippen LogP contribution in [0.2, 0.25) is 0 Å². The standard InChI is InChI=1S/C11H15NO/c1-11(7-8-12-9-13-11)10-5-3-2-4-6-10/h2-6,12H,7-9H2,1H3. The summed E-state index contributed by atoms with van der Waals surface area (Å²) in [5.41, 5.74) is 1.18. The first-order valence-electron chi connectivity index (χ1n) is 4.71. The van der Waals surface area contributed by atoms with E-state index in [9.17, 15) is 0 Å². The fraction of sp³-hybridized carbons (Fsp3) is 0.455. The van der Waals surface area contributed by atoms with Gasteiger partial charge in [0.2, 0.25) is 0 Å². The van der Waals surface area contributed by atoms with Crippen molar-refractivity contribution in [1.29, 1.82) is 0 Å². The third kappa shape index (κ3) is 1.74. The van der Waals surface area contributed by atoms with Crippen LogP contribution in [0, 0.1) is 0 Å². The molecule has 1 saturated heterocycles. The molecule has 0 aliphatic carbocycles. The van der Waals surface area contributed by atoms with Gasteiger partial charge in [0, 0.05) is 6.54 Å². The van der Waals surface area contributed by atoms with Gasteiger partial charge in [0.15, 0.2) is 0 Å². The molecule has 1 heterocycles. The number of ether oxygens (including phenoxy) is 1. The minimum atomic E-state index is -0.0908. The maximum Gasteiger partial charge on any atom is 0.0977 e. The monoisotopic (exact) mass is 177 g/mol. The van der Waals surface area contributed by atoms with Crippen LogP contribution in [-0.2, 0) is 10.3 Å². The van der Waals surface area contributed by atoms with Crippen LogP contribution >= 0.6 is 0 Å². The zero-order valence-electron chi connectivity index (χ0n) is 7.92. The lowest BCUT2D eigenvalue weighted by Crippen LogP contribution is -2.40. The van der Waals surface area contributed by atoms with Gasteiger partial charge in [-0.3, -0.25) is 5.32 Å². The van der Waals surface area contributed by atoms with Gasteiger partial charge in [-0.2, -0.15) is 0 Å². The van der Waals surface area contributed by atoms with Crippen LogP contribution < -0.4 is 5.32 Å². The lowest BCUT2D eigenvalue weighted by Gasteiger charge is -2.34. The summed E-state index contributed by atoms with van der Waals surface area (Å²) < 4.78 is 5.74. The third-order valence-electron chi connectivity index (χ3n) is 2.66. The highest BCUT2D eigenvalue weighted by molar-refractivity contribution is 5.22. The van der Waals surface area contributed by atoms with E-state index in [0.717, 1.165) is 13.0 Å². The van der Waals surface area contributed by atoms with E-state index in [-0.39, 0.29) is 5.60 Å². The van der Waals surface area contributed by atoms with Crippen molar-refractivity contribution in [2.75, 3.05) is 13.3 Å². The number of rotatable bonds is 1. The quantitative estimate of drug-likeness (QED) is 0.707. The van der Waals surface area contributed by atoms with Gasteiger partial charge < -0.3 is 4.74 Å². The second-order valence-electron chi connectivity index (χ2n) is 3.64. The van der Waals surface area contributed by atoms with E-state index in [1.54, 1.807) is 0 Å². The predicted molar refractivity (Wildman–Crippen MR) is 52.4 cm³/mol. The second-order valence-corrected chi connectivity index (χ2v) is 3.64. The molecule has 2 heteroatoms. The Morgan fingerprint density at radius 1 is 1.31 bits per heavy atom. The highest BCUT2D eigenvalue weighted by atomic mass is 16.5. The first-order valence-corrected chi connectivity index (χ1v) is 4.71. The predicted octanol–water partition coefficient (Wildman–Crippen LogP) is 1.87. The van der Waals surface area contributed by atoms with Gasteiger partial charge >= 0.3 is 0 Å². The van der Waals surface area contributed by atoms with Crippen molar-refractivity contribution in [3.63, 3.8) is 0 Å². The maximum absolute atomic E-state index is 5.74. The molecule has 0 amide bonds. The van der Waals surface area contributed by atoms with Gasteiger partial charge in [-0.05, 0) is 18.9 Å². The number of nitrogens with one attached hydrogen (secondary N) is 1. The van der Waals surface area contributed by atoms with Crippen LogP contribution in [0.15, 0.2) is 30.3 Å². The zero-order valence-corrected chi connectivity index (χ0v) is 7.92. The number of hydrogen-bond donors (Lipinski definition) is 1. The first kappa shape index (κ1) is 8.73. The van der Waals surface area contributed by atoms with Crippen molar-refractivity contribution >= 4 is 0 Å². The van der Waals surface area contributed by atoms with Gasteiger partial charge in [-0.1, -0.05) is 30.3 Å². The zero-order chi connectivity index (χ0) is 9.15. The highest BCUT2D eigenvalue weighted by Crippen LogP contribution is 2.29. The molecule has 70 valence electrons. The molecule has 1 N–H and O–H groups in total. The smallest absolute Gasteiger partial charge is 0.0977 e. The Labute approximate surface area is 78.9 Å². The highest BCUT2D eigenvalue weighted by Gasteiger charge is 2.29. The Balaban J connectivity index is 2.23. The second kappa shape index (κ2) is 3.48. The average molecular weight is 177 g/mol. The summed E-state index contributed by atoms with van der Waals surface area (Å²) in [5.74, 6) is 0. The molecular weight excluding hydrogens is 162 g/mol. The molecule has 1 atom stereocenters. The molecule has 1 unspecified atom stereocenters. The van der Waals surface area contributed by atoms with Crippen molar-refractivity contribution in [3.8, 4) is 0 Å². The van der Waals surface area contributed by atoms with Crippen molar-refractivity contribution in [3.05, 3.63) is 35.9 Å². The van der Waals surface area contributed by atoms with Crippen LogP contribution in [0.25, 0.3) is 0 Å². The molecule has 1 aliphatic heterocycles. The Kier molecular flexibility index (Phi) is 2.34. The third-order valence-corrected chi connectivity index (χ3v) is 2.66. The molecule has 0 spiro atoms. The van der Waals surface area contributed by atoms with Crippen molar-refractivity contribution in [2.45, 2.75) is 18.9 Å². The molecule has 0 bridgehead atoms. The Bertz CT molecular complexity index is 265. The number of benzene rings is 1. The van der Waals surface area contributed by atoms with E-state index < -0.39 is 0 Å². The fourth-order valence-corrected chi connectivity index (χ4v) is 1.70. The molecule has 1 fully saturated rings. The lowest BCUT2D eigenvalue weighted by atomic mass is 9.91. The van der Waals surface area contributed by atoms with Gasteiger partial charge in [-0.25, -0.2) is 0 Å².